The number of nitrogens with zero attached hydrogens (tertiary/aromatic N) is 1. The van der Waals surface area contributed by atoms with Crippen LogP contribution < -0.4 is 9.47 Å². The third kappa shape index (κ3) is 5.00. The molecule has 0 saturated carbocycles. The van der Waals surface area contributed by atoms with Gasteiger partial charge in [-0.3, -0.25) is 14.5 Å². The van der Waals surface area contributed by atoms with Gasteiger partial charge in [-0.1, -0.05) is 12.1 Å². The second-order valence-electron chi connectivity index (χ2n) is 6.11. The number of halogens is 2. The van der Waals surface area contributed by atoms with Crippen LogP contribution in [0.2, 0.25) is 0 Å². The van der Waals surface area contributed by atoms with Crippen LogP contribution in [0.5, 0.6) is 11.5 Å². The first-order valence-corrected chi connectivity index (χ1v) is 10.1. The van der Waals surface area contributed by atoms with Crippen LogP contribution in [0, 0.1) is 5.82 Å². The molecule has 1 aliphatic rings. The minimum absolute atomic E-state index is 0.0390. The summed E-state index contributed by atoms with van der Waals surface area (Å²) in [7, 11) is 1.40. The number of benzene rings is 2. The Morgan fingerprint density at radius 3 is 2.60 bits per heavy atom. The molecule has 0 radical (unpaired) electrons. The fraction of sp³-hybridized carbons (Fsp3) is 0.150. The van der Waals surface area contributed by atoms with Crippen LogP contribution in [0.15, 0.2) is 45.8 Å². The summed E-state index contributed by atoms with van der Waals surface area (Å²) in [6, 6.07) is 8.74. The molecule has 0 aliphatic carbocycles. The zero-order valence-corrected chi connectivity index (χ0v) is 18.0. The van der Waals surface area contributed by atoms with Crippen LogP contribution >= 0.6 is 27.7 Å². The summed E-state index contributed by atoms with van der Waals surface area (Å²) in [6.45, 7) is -0.506. The second-order valence-corrected chi connectivity index (χ2v) is 7.96. The molecule has 0 bridgehead atoms. The smallest absolute Gasteiger partial charge is 0.341 e. The summed E-state index contributed by atoms with van der Waals surface area (Å²) in [5.74, 6) is -1.52. The van der Waals surface area contributed by atoms with Gasteiger partial charge in [-0.15, -0.1) is 0 Å². The Labute approximate surface area is 183 Å². The zero-order chi connectivity index (χ0) is 21.8. The summed E-state index contributed by atoms with van der Waals surface area (Å²) in [5.41, 5.74) is 1.18. The number of hydrogen-bond donors (Lipinski definition) is 1. The first-order valence-electron chi connectivity index (χ1n) is 8.50. The van der Waals surface area contributed by atoms with E-state index in [1.54, 1.807) is 12.1 Å². The largest absolute Gasteiger partial charge is 0.493 e. The Kier molecular flexibility index (Phi) is 6.78. The monoisotopic (exact) mass is 495 g/mol. The van der Waals surface area contributed by atoms with Gasteiger partial charge in [0, 0.05) is 0 Å². The third-order valence-corrected chi connectivity index (χ3v) is 5.51. The van der Waals surface area contributed by atoms with Gasteiger partial charge in [-0.05, 0) is 69.2 Å². The summed E-state index contributed by atoms with van der Waals surface area (Å²) >= 11 is 4.10. The van der Waals surface area contributed by atoms with E-state index in [2.05, 4.69) is 15.9 Å². The van der Waals surface area contributed by atoms with Crippen molar-refractivity contribution in [2.45, 2.75) is 6.54 Å². The van der Waals surface area contributed by atoms with E-state index in [-0.39, 0.29) is 22.9 Å². The van der Waals surface area contributed by atoms with Gasteiger partial charge in [0.1, 0.15) is 5.82 Å². The Balaban J connectivity index is 1.83. The molecule has 0 unspecified atom stereocenters. The summed E-state index contributed by atoms with van der Waals surface area (Å²) in [6.07, 6.45) is 1.53. The van der Waals surface area contributed by atoms with Gasteiger partial charge < -0.3 is 14.6 Å². The maximum atomic E-state index is 13.1. The molecular weight excluding hydrogens is 481 g/mol. The zero-order valence-electron chi connectivity index (χ0n) is 15.6. The van der Waals surface area contributed by atoms with Crippen molar-refractivity contribution in [2.75, 3.05) is 13.7 Å². The Bertz CT molecular complexity index is 1040. The molecule has 1 aliphatic heterocycles. The molecule has 7 nitrogen and oxygen atoms in total. The molecule has 156 valence electrons. The van der Waals surface area contributed by atoms with Crippen molar-refractivity contribution >= 4 is 50.9 Å². The normalized spacial score (nSPS) is 15.0. The van der Waals surface area contributed by atoms with Gasteiger partial charge >= 0.3 is 5.97 Å². The molecule has 2 aromatic rings. The average molecular weight is 496 g/mol. The molecule has 1 saturated heterocycles. The molecule has 1 N–H and O–H groups in total. The topological polar surface area (TPSA) is 93.1 Å². The van der Waals surface area contributed by atoms with Crippen molar-refractivity contribution in [2.24, 2.45) is 0 Å². The lowest BCUT2D eigenvalue weighted by Crippen LogP contribution is -2.27. The highest BCUT2D eigenvalue weighted by molar-refractivity contribution is 9.10. The van der Waals surface area contributed by atoms with Gasteiger partial charge in [0.05, 0.1) is 23.0 Å². The van der Waals surface area contributed by atoms with Crippen molar-refractivity contribution in [3.63, 3.8) is 0 Å². The van der Waals surface area contributed by atoms with E-state index in [9.17, 15) is 18.8 Å². The maximum Gasteiger partial charge on any atom is 0.341 e. The molecule has 0 atom stereocenters. The number of thioether (sulfide) groups is 1. The standard InChI is InChI=1S/C20H15BrFNO6S/c1-28-15-7-12(6-14(21)18(15)29-10-17(24)25)8-16-19(26)23(20(27)30-16)9-11-2-4-13(22)5-3-11/h2-8H,9-10H2,1H3,(H,24,25)/b16-8+. The number of amides is 2. The molecule has 10 heteroatoms. The summed E-state index contributed by atoms with van der Waals surface area (Å²) in [4.78, 5) is 37.0. The van der Waals surface area contributed by atoms with Gasteiger partial charge in [0.2, 0.25) is 0 Å². The van der Waals surface area contributed by atoms with Gasteiger partial charge in [-0.25, -0.2) is 9.18 Å². The van der Waals surface area contributed by atoms with Gasteiger partial charge in [-0.2, -0.15) is 0 Å². The van der Waals surface area contributed by atoms with Crippen molar-refractivity contribution in [1.29, 1.82) is 0 Å². The van der Waals surface area contributed by atoms with Crippen LogP contribution in [-0.2, 0) is 16.1 Å². The SMILES string of the molecule is COc1cc(/C=C2/SC(=O)N(Cc3ccc(F)cc3)C2=O)cc(Br)c1OCC(=O)O. The van der Waals surface area contributed by atoms with Crippen LogP contribution in [-0.4, -0.2) is 40.8 Å². The first kappa shape index (κ1) is 21.8. The Hall–Kier alpha value is -2.85. The first-order chi connectivity index (χ1) is 14.3. The van der Waals surface area contributed by atoms with E-state index in [4.69, 9.17) is 14.6 Å². The Morgan fingerprint density at radius 2 is 1.97 bits per heavy atom. The number of aliphatic carboxylic acids is 1. The highest BCUT2D eigenvalue weighted by Gasteiger charge is 2.35. The number of imide groups is 1. The van der Waals surface area contributed by atoms with Crippen molar-refractivity contribution in [3.8, 4) is 11.5 Å². The van der Waals surface area contributed by atoms with Crippen LogP contribution in [0.3, 0.4) is 0 Å². The molecule has 30 heavy (non-hydrogen) atoms. The molecule has 3 rings (SSSR count). The average Bonchev–Trinajstić information content (AvgIpc) is 2.95. The fourth-order valence-corrected chi connectivity index (χ4v) is 4.07. The Morgan fingerprint density at radius 1 is 1.27 bits per heavy atom. The lowest BCUT2D eigenvalue weighted by molar-refractivity contribution is -0.139. The number of ether oxygens (including phenoxy) is 2. The minimum Gasteiger partial charge on any atom is -0.493 e. The van der Waals surface area contributed by atoms with Crippen LogP contribution in [0.25, 0.3) is 6.08 Å². The number of rotatable bonds is 7. The van der Waals surface area contributed by atoms with E-state index in [0.29, 0.717) is 15.6 Å². The van der Waals surface area contributed by atoms with Crippen molar-refractivity contribution in [3.05, 3.63) is 62.7 Å². The second kappa shape index (κ2) is 9.31. The number of carbonyl (C=O) groups is 3. The molecule has 2 amide bonds. The highest BCUT2D eigenvalue weighted by atomic mass is 79.9. The lowest BCUT2D eigenvalue weighted by atomic mass is 10.1. The molecule has 0 aromatic heterocycles. The van der Waals surface area contributed by atoms with Crippen LogP contribution in [0.4, 0.5) is 9.18 Å². The number of methoxy groups -OCH3 is 1. The minimum atomic E-state index is -1.14. The van der Waals surface area contributed by atoms with E-state index >= 15 is 0 Å². The van der Waals surface area contributed by atoms with Gasteiger partial charge in [0.15, 0.2) is 18.1 Å². The van der Waals surface area contributed by atoms with Gasteiger partial charge in [0.25, 0.3) is 11.1 Å². The third-order valence-electron chi connectivity index (χ3n) is 4.02. The molecule has 2 aromatic carbocycles. The highest BCUT2D eigenvalue weighted by Crippen LogP contribution is 2.39. The predicted octanol–water partition coefficient (Wildman–Crippen LogP) is 4.30. The maximum absolute atomic E-state index is 13.1. The van der Waals surface area contributed by atoms with E-state index < -0.39 is 29.5 Å². The van der Waals surface area contributed by atoms with E-state index in [0.717, 1.165) is 16.7 Å². The summed E-state index contributed by atoms with van der Waals surface area (Å²) < 4.78 is 24.0. The van der Waals surface area contributed by atoms with E-state index in [1.807, 2.05) is 0 Å². The number of carboxylic acid groups (broad SMARTS) is 1. The number of carbonyl (C=O) groups excluding carboxylic acids is 2. The predicted molar refractivity (Wildman–Crippen MR) is 112 cm³/mol. The fourth-order valence-electron chi connectivity index (χ4n) is 2.66. The quantitative estimate of drug-likeness (QED) is 0.572. The van der Waals surface area contributed by atoms with Crippen molar-refractivity contribution in [1.82, 2.24) is 4.90 Å². The summed E-state index contributed by atoms with van der Waals surface area (Å²) in [5, 5.41) is 8.36. The number of hydrogen-bond acceptors (Lipinski definition) is 6. The molecule has 1 fully saturated rings. The van der Waals surface area contributed by atoms with E-state index in [1.165, 1.54) is 37.5 Å². The van der Waals surface area contributed by atoms with Crippen molar-refractivity contribution < 1.29 is 33.4 Å². The van der Waals surface area contributed by atoms with Crippen LogP contribution in [0.1, 0.15) is 11.1 Å². The molecule has 1 heterocycles. The molecule has 0 spiro atoms. The lowest BCUT2D eigenvalue weighted by Gasteiger charge is -2.13. The molecular formula is C20H15BrFNO6S. The number of carboxylic acids is 1.